The van der Waals surface area contributed by atoms with E-state index in [-0.39, 0.29) is 5.78 Å². The molecule has 2 heterocycles. The summed E-state index contributed by atoms with van der Waals surface area (Å²) in [6, 6.07) is 15.5. The van der Waals surface area contributed by atoms with E-state index in [1.54, 1.807) is 26.0 Å². The van der Waals surface area contributed by atoms with Crippen LogP contribution < -0.4 is 14.8 Å². The van der Waals surface area contributed by atoms with Crippen LogP contribution in [0.1, 0.15) is 36.4 Å². The summed E-state index contributed by atoms with van der Waals surface area (Å²) >= 11 is 1.58. The van der Waals surface area contributed by atoms with Gasteiger partial charge in [-0.15, -0.1) is 5.10 Å². The molecule has 8 heteroatoms. The van der Waals surface area contributed by atoms with Gasteiger partial charge < -0.3 is 14.8 Å². The number of Topliss-reactive ketones (excluding diaryl/α,β-unsaturated/α-hetero) is 1. The van der Waals surface area contributed by atoms with Crippen molar-refractivity contribution in [2.24, 2.45) is 0 Å². The summed E-state index contributed by atoms with van der Waals surface area (Å²) in [7, 11) is 3.25. The minimum Gasteiger partial charge on any atom is -0.497 e. The fourth-order valence-corrected chi connectivity index (χ4v) is 5.04. The van der Waals surface area contributed by atoms with Crippen LogP contribution in [0.4, 0.5) is 5.95 Å². The van der Waals surface area contributed by atoms with Gasteiger partial charge in [0, 0.05) is 35.1 Å². The summed E-state index contributed by atoms with van der Waals surface area (Å²) in [5, 5.41) is 8.84. The maximum atomic E-state index is 13.0. The highest BCUT2D eigenvalue weighted by Gasteiger charge is 2.38. The molecule has 32 heavy (non-hydrogen) atoms. The predicted octanol–water partition coefficient (Wildman–Crippen LogP) is 4.61. The molecule has 0 amide bonds. The van der Waals surface area contributed by atoms with Crippen LogP contribution in [0.25, 0.3) is 0 Å². The van der Waals surface area contributed by atoms with Crippen LogP contribution in [-0.4, -0.2) is 34.8 Å². The van der Waals surface area contributed by atoms with Crippen LogP contribution in [-0.2, 0) is 10.5 Å². The number of methoxy groups -OCH3 is 2. The Kier molecular flexibility index (Phi) is 5.61. The molecule has 0 spiro atoms. The molecule has 0 saturated carbocycles. The molecule has 2 aliphatic rings. The summed E-state index contributed by atoms with van der Waals surface area (Å²) in [5.41, 5.74) is 3.75. The van der Waals surface area contributed by atoms with Crippen LogP contribution in [0, 0.1) is 0 Å². The predicted molar refractivity (Wildman–Crippen MR) is 123 cm³/mol. The van der Waals surface area contributed by atoms with Crippen molar-refractivity contribution in [1.29, 1.82) is 0 Å². The highest BCUT2D eigenvalue weighted by molar-refractivity contribution is 7.98. The van der Waals surface area contributed by atoms with E-state index in [9.17, 15) is 4.79 Å². The van der Waals surface area contributed by atoms with Gasteiger partial charge in [-0.05, 0) is 30.5 Å². The van der Waals surface area contributed by atoms with Gasteiger partial charge in [-0.25, -0.2) is 4.68 Å². The van der Waals surface area contributed by atoms with Gasteiger partial charge in [0.05, 0.1) is 14.2 Å². The zero-order valence-corrected chi connectivity index (χ0v) is 18.8. The normalized spacial score (nSPS) is 17.4. The third-order valence-electron chi connectivity index (χ3n) is 5.79. The van der Waals surface area contributed by atoms with Crippen molar-refractivity contribution in [2.45, 2.75) is 36.2 Å². The molecule has 0 fully saturated rings. The van der Waals surface area contributed by atoms with Crippen LogP contribution in [0.5, 0.6) is 11.5 Å². The molecule has 1 aromatic heterocycles. The molecule has 0 radical (unpaired) electrons. The van der Waals surface area contributed by atoms with Crippen LogP contribution in [0.3, 0.4) is 0 Å². The molecule has 1 aliphatic heterocycles. The molecule has 5 rings (SSSR count). The first kappa shape index (κ1) is 20.6. The van der Waals surface area contributed by atoms with E-state index in [4.69, 9.17) is 19.6 Å². The monoisotopic (exact) mass is 448 g/mol. The Morgan fingerprint density at radius 1 is 1.12 bits per heavy atom. The number of allylic oxidation sites excluding steroid dienone is 2. The molecular formula is C24H24N4O3S. The Morgan fingerprint density at radius 3 is 2.75 bits per heavy atom. The summed E-state index contributed by atoms with van der Waals surface area (Å²) in [5.74, 6) is 2.91. The van der Waals surface area contributed by atoms with Crippen molar-refractivity contribution in [1.82, 2.24) is 14.8 Å². The molecule has 0 saturated heterocycles. The van der Waals surface area contributed by atoms with Crippen molar-refractivity contribution in [3.05, 3.63) is 70.9 Å². The lowest BCUT2D eigenvalue weighted by Crippen LogP contribution is -2.31. The van der Waals surface area contributed by atoms with Gasteiger partial charge in [-0.1, -0.05) is 42.1 Å². The van der Waals surface area contributed by atoms with E-state index in [0.29, 0.717) is 29.0 Å². The summed E-state index contributed by atoms with van der Waals surface area (Å²) in [4.78, 5) is 17.8. The second kappa shape index (κ2) is 8.70. The Hall–Kier alpha value is -3.26. The highest BCUT2D eigenvalue weighted by atomic mass is 32.2. The molecule has 1 aliphatic carbocycles. The lowest BCUT2D eigenvalue weighted by atomic mass is 9.85. The van der Waals surface area contributed by atoms with Gasteiger partial charge in [-0.2, -0.15) is 4.98 Å². The lowest BCUT2D eigenvalue weighted by Gasteiger charge is -2.32. The molecule has 1 N–H and O–H groups in total. The second-order valence-corrected chi connectivity index (χ2v) is 8.68. The maximum absolute atomic E-state index is 13.0. The average Bonchev–Trinajstić information content (AvgIpc) is 3.24. The van der Waals surface area contributed by atoms with E-state index < -0.39 is 6.04 Å². The third-order valence-corrected chi connectivity index (χ3v) is 6.70. The zero-order chi connectivity index (χ0) is 22.1. The Bertz CT molecular complexity index is 1190. The quantitative estimate of drug-likeness (QED) is 0.552. The molecule has 0 bridgehead atoms. The second-order valence-electron chi connectivity index (χ2n) is 7.74. The van der Waals surface area contributed by atoms with Gasteiger partial charge in [0.1, 0.15) is 17.5 Å². The van der Waals surface area contributed by atoms with Crippen molar-refractivity contribution in [3.63, 3.8) is 0 Å². The number of hydrogen-bond donors (Lipinski definition) is 1. The first-order valence-corrected chi connectivity index (χ1v) is 11.5. The SMILES string of the molecule is COc1ccc(C2C3=C(CCCC3=O)Nc3nc(SCc4ccccc4)nn32)c(OC)c1. The van der Waals surface area contributed by atoms with Crippen molar-refractivity contribution < 1.29 is 14.3 Å². The van der Waals surface area contributed by atoms with Crippen LogP contribution in [0.15, 0.2) is 65.0 Å². The van der Waals surface area contributed by atoms with E-state index in [1.165, 1.54) is 5.56 Å². The highest BCUT2D eigenvalue weighted by Crippen LogP contribution is 2.44. The number of benzene rings is 2. The number of nitrogens with one attached hydrogen (secondary N) is 1. The number of fused-ring (bicyclic) bond motifs is 1. The molecule has 2 aromatic carbocycles. The lowest BCUT2D eigenvalue weighted by molar-refractivity contribution is -0.116. The van der Waals surface area contributed by atoms with E-state index in [2.05, 4.69) is 17.4 Å². The Morgan fingerprint density at radius 2 is 1.97 bits per heavy atom. The van der Waals surface area contributed by atoms with E-state index >= 15 is 0 Å². The van der Waals surface area contributed by atoms with E-state index in [0.717, 1.165) is 35.4 Å². The number of anilines is 1. The van der Waals surface area contributed by atoms with Gasteiger partial charge >= 0.3 is 0 Å². The first-order valence-electron chi connectivity index (χ1n) is 10.6. The van der Waals surface area contributed by atoms with Gasteiger partial charge in [0.15, 0.2) is 5.78 Å². The van der Waals surface area contributed by atoms with Crippen molar-refractivity contribution in [2.75, 3.05) is 19.5 Å². The number of thioether (sulfide) groups is 1. The van der Waals surface area contributed by atoms with Crippen molar-refractivity contribution in [3.8, 4) is 11.5 Å². The number of nitrogens with zero attached hydrogens (tertiary/aromatic N) is 3. The smallest absolute Gasteiger partial charge is 0.227 e. The average molecular weight is 449 g/mol. The number of carbonyl (C=O) groups excluding carboxylic acids is 1. The molecule has 164 valence electrons. The van der Waals surface area contributed by atoms with Gasteiger partial charge in [-0.3, -0.25) is 4.79 Å². The number of rotatable bonds is 6. The standard InChI is InChI=1S/C24H24N4O3S/c1-30-16-11-12-17(20(13-16)31-2)22-21-18(9-6-10-19(21)29)25-23-26-24(27-28(22)23)32-14-15-7-4-3-5-8-15/h3-5,7-8,11-13,22H,6,9-10,14H2,1-2H3,(H,25,26,27). The fraction of sp³-hybridized carbons (Fsp3) is 0.292. The zero-order valence-electron chi connectivity index (χ0n) is 18.0. The minimum absolute atomic E-state index is 0.140. The van der Waals surface area contributed by atoms with Gasteiger partial charge in [0.25, 0.3) is 0 Å². The fourth-order valence-electron chi connectivity index (χ4n) is 4.25. The number of carbonyl (C=O) groups is 1. The molecule has 7 nitrogen and oxygen atoms in total. The summed E-state index contributed by atoms with van der Waals surface area (Å²) < 4.78 is 12.9. The molecule has 1 unspecified atom stereocenters. The van der Waals surface area contributed by atoms with Crippen molar-refractivity contribution >= 4 is 23.5 Å². The minimum atomic E-state index is -0.395. The summed E-state index contributed by atoms with van der Waals surface area (Å²) in [6.45, 7) is 0. The topological polar surface area (TPSA) is 78.3 Å². The molecule has 3 aromatic rings. The van der Waals surface area contributed by atoms with Gasteiger partial charge in [0.2, 0.25) is 11.1 Å². The Balaban J connectivity index is 1.56. The maximum Gasteiger partial charge on any atom is 0.227 e. The van der Waals surface area contributed by atoms with Crippen LogP contribution >= 0.6 is 11.8 Å². The number of ketones is 1. The third kappa shape index (κ3) is 3.75. The molecule has 1 atom stereocenters. The number of ether oxygens (including phenoxy) is 2. The summed E-state index contributed by atoms with van der Waals surface area (Å²) in [6.07, 6.45) is 2.19. The van der Waals surface area contributed by atoms with E-state index in [1.807, 2.05) is 41.1 Å². The number of hydrogen-bond acceptors (Lipinski definition) is 7. The molecular weight excluding hydrogens is 424 g/mol. The Labute approximate surface area is 190 Å². The van der Waals surface area contributed by atoms with Crippen LogP contribution in [0.2, 0.25) is 0 Å². The largest absolute Gasteiger partial charge is 0.497 e. The number of aromatic nitrogens is 3. The first-order chi connectivity index (χ1) is 15.7.